The number of anilines is 1. The normalized spacial score (nSPS) is 27.0. The number of rotatable bonds is 5. The highest BCUT2D eigenvalue weighted by Crippen LogP contribution is 2.33. The fourth-order valence-electron chi connectivity index (χ4n) is 4.90. The van der Waals surface area contributed by atoms with Crippen LogP contribution >= 0.6 is 23.8 Å². The summed E-state index contributed by atoms with van der Waals surface area (Å²) in [5, 5.41) is 4.55. The Morgan fingerprint density at radius 2 is 2.00 bits per heavy atom. The highest BCUT2D eigenvalue weighted by Gasteiger charge is 2.44. The topological polar surface area (TPSA) is 65.1 Å². The SMILES string of the molecule is COC(=O)C1CCC2C(=O)N(CCN3CCN(c4cccc(Cl)c4)CC3)C(=S)NC2C1. The minimum atomic E-state index is -0.196. The van der Waals surface area contributed by atoms with Crippen LogP contribution in [0.5, 0.6) is 0 Å². The van der Waals surface area contributed by atoms with E-state index in [4.69, 9.17) is 28.6 Å². The molecule has 1 amide bonds. The molecular weight excluding hydrogens is 436 g/mol. The van der Waals surface area contributed by atoms with Crippen molar-refractivity contribution in [3.63, 3.8) is 0 Å². The van der Waals surface area contributed by atoms with Crippen molar-refractivity contribution >= 4 is 46.5 Å². The molecule has 1 aliphatic carbocycles. The van der Waals surface area contributed by atoms with Crippen molar-refractivity contribution in [2.45, 2.75) is 25.3 Å². The number of fused-ring (bicyclic) bond motifs is 1. The van der Waals surface area contributed by atoms with E-state index in [9.17, 15) is 9.59 Å². The lowest BCUT2D eigenvalue weighted by Crippen LogP contribution is -2.62. The van der Waals surface area contributed by atoms with E-state index in [-0.39, 0.29) is 29.8 Å². The molecule has 3 fully saturated rings. The van der Waals surface area contributed by atoms with Gasteiger partial charge < -0.3 is 15.0 Å². The third-order valence-electron chi connectivity index (χ3n) is 6.71. The molecule has 2 heterocycles. The summed E-state index contributed by atoms with van der Waals surface area (Å²) < 4.78 is 4.88. The Morgan fingerprint density at radius 1 is 1.23 bits per heavy atom. The summed E-state index contributed by atoms with van der Waals surface area (Å²) in [5.74, 6) is -0.378. The largest absolute Gasteiger partial charge is 0.469 e. The van der Waals surface area contributed by atoms with E-state index in [0.29, 0.717) is 30.9 Å². The number of thiocarbonyl (C=S) groups is 1. The molecule has 2 aliphatic heterocycles. The van der Waals surface area contributed by atoms with Crippen molar-refractivity contribution in [1.29, 1.82) is 0 Å². The predicted molar refractivity (Wildman–Crippen MR) is 124 cm³/mol. The van der Waals surface area contributed by atoms with Crippen LogP contribution < -0.4 is 10.2 Å². The molecule has 0 spiro atoms. The average Bonchev–Trinajstić information content (AvgIpc) is 2.78. The van der Waals surface area contributed by atoms with Crippen molar-refractivity contribution in [3.8, 4) is 0 Å². The smallest absolute Gasteiger partial charge is 0.308 e. The molecule has 3 atom stereocenters. The summed E-state index contributed by atoms with van der Waals surface area (Å²) in [4.78, 5) is 31.4. The number of hydrogen-bond donors (Lipinski definition) is 1. The van der Waals surface area contributed by atoms with Crippen molar-refractivity contribution < 1.29 is 14.3 Å². The number of ether oxygens (including phenoxy) is 1. The maximum Gasteiger partial charge on any atom is 0.308 e. The van der Waals surface area contributed by atoms with Gasteiger partial charge in [-0.15, -0.1) is 0 Å². The summed E-state index contributed by atoms with van der Waals surface area (Å²) in [6.07, 6.45) is 1.98. The Balaban J connectivity index is 1.27. The molecule has 4 rings (SSSR count). The van der Waals surface area contributed by atoms with Crippen molar-refractivity contribution in [3.05, 3.63) is 29.3 Å². The number of esters is 1. The molecule has 1 aromatic carbocycles. The number of hydrogen-bond acceptors (Lipinski definition) is 6. The molecule has 3 unspecified atom stereocenters. The molecule has 168 valence electrons. The minimum absolute atomic E-state index is 0.0738. The number of benzene rings is 1. The summed E-state index contributed by atoms with van der Waals surface area (Å²) >= 11 is 11.6. The molecule has 2 saturated heterocycles. The first kappa shape index (κ1) is 22.3. The molecule has 9 heteroatoms. The zero-order valence-electron chi connectivity index (χ0n) is 17.8. The van der Waals surface area contributed by atoms with E-state index in [0.717, 1.165) is 43.4 Å². The van der Waals surface area contributed by atoms with Gasteiger partial charge in [0.2, 0.25) is 5.91 Å². The zero-order chi connectivity index (χ0) is 22.0. The Kier molecular flexibility index (Phi) is 6.99. The van der Waals surface area contributed by atoms with E-state index in [1.807, 2.05) is 18.2 Å². The minimum Gasteiger partial charge on any atom is -0.469 e. The fraction of sp³-hybridized carbons (Fsp3) is 0.591. The van der Waals surface area contributed by atoms with Crippen LogP contribution in [0.2, 0.25) is 5.02 Å². The number of carbonyl (C=O) groups excluding carboxylic acids is 2. The Hall–Kier alpha value is -1.90. The average molecular weight is 465 g/mol. The van der Waals surface area contributed by atoms with Gasteiger partial charge in [-0.2, -0.15) is 0 Å². The Morgan fingerprint density at radius 3 is 2.71 bits per heavy atom. The van der Waals surface area contributed by atoms with Gasteiger partial charge in [0.05, 0.1) is 18.9 Å². The maximum atomic E-state index is 13.1. The zero-order valence-corrected chi connectivity index (χ0v) is 19.3. The fourth-order valence-corrected chi connectivity index (χ4v) is 5.42. The number of nitrogens with one attached hydrogen (secondary N) is 1. The molecule has 0 aromatic heterocycles. The van der Waals surface area contributed by atoms with E-state index < -0.39 is 0 Å². The maximum absolute atomic E-state index is 13.1. The number of amides is 1. The number of methoxy groups -OCH3 is 1. The second-order valence-electron chi connectivity index (χ2n) is 8.49. The number of halogens is 1. The summed E-state index contributed by atoms with van der Waals surface area (Å²) in [6, 6.07) is 7.88. The van der Waals surface area contributed by atoms with Gasteiger partial charge in [-0.05, 0) is 49.7 Å². The van der Waals surface area contributed by atoms with Gasteiger partial charge in [-0.3, -0.25) is 19.4 Å². The van der Waals surface area contributed by atoms with Gasteiger partial charge in [0.1, 0.15) is 0 Å². The second kappa shape index (κ2) is 9.71. The molecule has 1 saturated carbocycles. The van der Waals surface area contributed by atoms with Crippen molar-refractivity contribution in [2.75, 3.05) is 51.3 Å². The van der Waals surface area contributed by atoms with Crippen molar-refractivity contribution in [1.82, 2.24) is 15.1 Å². The first-order valence-corrected chi connectivity index (χ1v) is 11.7. The van der Waals surface area contributed by atoms with Gasteiger partial charge in [-0.1, -0.05) is 17.7 Å². The highest BCUT2D eigenvalue weighted by molar-refractivity contribution is 7.80. The molecule has 31 heavy (non-hydrogen) atoms. The molecule has 1 aromatic rings. The lowest BCUT2D eigenvalue weighted by Gasteiger charge is -2.44. The van der Waals surface area contributed by atoms with E-state index in [1.165, 1.54) is 7.11 Å². The standard InChI is InChI=1S/C22H29ClN4O3S/c1-30-21(29)15-5-6-18-19(13-15)24-22(31)27(20(18)28)12-9-25-7-10-26(11-8-25)17-4-2-3-16(23)14-17/h2-4,14-15,18-19H,5-13H2,1H3,(H,24,31). The van der Waals surface area contributed by atoms with Gasteiger partial charge >= 0.3 is 5.97 Å². The van der Waals surface area contributed by atoms with Gasteiger partial charge in [-0.25, -0.2) is 0 Å². The van der Waals surface area contributed by atoms with Crippen LogP contribution in [0.4, 0.5) is 5.69 Å². The monoisotopic (exact) mass is 464 g/mol. The molecule has 7 nitrogen and oxygen atoms in total. The van der Waals surface area contributed by atoms with Crippen LogP contribution in [0.15, 0.2) is 24.3 Å². The summed E-state index contributed by atoms with van der Waals surface area (Å²) in [7, 11) is 1.41. The van der Waals surface area contributed by atoms with Gasteiger partial charge in [0.15, 0.2) is 5.11 Å². The number of piperazine rings is 1. The lowest BCUT2D eigenvalue weighted by atomic mass is 9.76. The van der Waals surface area contributed by atoms with Crippen LogP contribution in [-0.2, 0) is 14.3 Å². The van der Waals surface area contributed by atoms with Crippen LogP contribution in [0.1, 0.15) is 19.3 Å². The molecule has 0 radical (unpaired) electrons. The van der Waals surface area contributed by atoms with Crippen LogP contribution in [0.25, 0.3) is 0 Å². The first-order chi connectivity index (χ1) is 15.0. The third-order valence-corrected chi connectivity index (χ3v) is 7.28. The predicted octanol–water partition coefficient (Wildman–Crippen LogP) is 2.14. The molecule has 1 N–H and O–H groups in total. The van der Waals surface area contributed by atoms with Gasteiger partial charge in [0.25, 0.3) is 0 Å². The highest BCUT2D eigenvalue weighted by atomic mass is 35.5. The van der Waals surface area contributed by atoms with E-state index in [2.05, 4.69) is 21.2 Å². The second-order valence-corrected chi connectivity index (χ2v) is 9.32. The van der Waals surface area contributed by atoms with Crippen molar-refractivity contribution in [2.24, 2.45) is 11.8 Å². The summed E-state index contributed by atoms with van der Waals surface area (Å²) in [6.45, 7) is 5.10. The Labute approximate surface area is 193 Å². The lowest BCUT2D eigenvalue weighted by molar-refractivity contribution is -0.149. The van der Waals surface area contributed by atoms with Crippen LogP contribution in [0.3, 0.4) is 0 Å². The van der Waals surface area contributed by atoms with E-state index in [1.54, 1.807) is 4.90 Å². The number of nitrogens with zero attached hydrogens (tertiary/aromatic N) is 3. The van der Waals surface area contributed by atoms with E-state index >= 15 is 0 Å². The quantitative estimate of drug-likeness (QED) is 0.529. The third kappa shape index (κ3) is 4.96. The number of carbonyl (C=O) groups is 2. The van der Waals surface area contributed by atoms with Gasteiger partial charge in [0, 0.05) is 56.0 Å². The molecule has 3 aliphatic rings. The Bertz CT molecular complexity index is 846. The van der Waals surface area contributed by atoms with Crippen LogP contribution in [-0.4, -0.2) is 79.2 Å². The van der Waals surface area contributed by atoms with Crippen LogP contribution in [0, 0.1) is 11.8 Å². The molecular formula is C22H29ClN4O3S. The first-order valence-electron chi connectivity index (χ1n) is 10.9. The molecule has 0 bridgehead atoms. The summed E-state index contributed by atoms with van der Waals surface area (Å²) in [5.41, 5.74) is 1.15.